The van der Waals surface area contributed by atoms with E-state index < -0.39 is 23.6 Å². The van der Waals surface area contributed by atoms with Crippen molar-refractivity contribution in [2.24, 2.45) is 10.8 Å². The molecule has 0 spiro atoms. The molecule has 3 amide bonds. The molecule has 3 rings (SSSR count). The van der Waals surface area contributed by atoms with Crippen molar-refractivity contribution in [1.29, 1.82) is 0 Å². The van der Waals surface area contributed by atoms with Crippen LogP contribution in [0, 0.1) is 10.8 Å². The zero-order valence-corrected chi connectivity index (χ0v) is 25.6. The molecular weight excluding hydrogens is 528 g/mol. The highest BCUT2D eigenvalue weighted by atomic mass is 35.5. The third-order valence-corrected chi connectivity index (χ3v) is 6.89. The highest BCUT2D eigenvalue weighted by Gasteiger charge is 2.39. The number of benzene rings is 2. The molecule has 1 fully saturated rings. The summed E-state index contributed by atoms with van der Waals surface area (Å²) < 4.78 is 0. The fourth-order valence-electron chi connectivity index (χ4n) is 4.82. The number of fused-ring (bicyclic) bond motifs is 1. The second kappa shape index (κ2) is 14.3. The summed E-state index contributed by atoms with van der Waals surface area (Å²) >= 11 is 0. The van der Waals surface area contributed by atoms with E-state index in [1.807, 2.05) is 63.2 Å². The number of amides is 3. The van der Waals surface area contributed by atoms with Crippen LogP contribution < -0.4 is 16.0 Å². The smallest absolute Gasteiger partial charge is 0.243 e. The predicted molar refractivity (Wildman–Crippen MR) is 162 cm³/mol. The van der Waals surface area contributed by atoms with E-state index in [4.69, 9.17) is 0 Å². The Balaban J connectivity index is 0.00000560. The Labute approximate surface area is 245 Å². The molecule has 9 heteroatoms. The van der Waals surface area contributed by atoms with Gasteiger partial charge in [0.15, 0.2) is 0 Å². The van der Waals surface area contributed by atoms with Crippen LogP contribution in [0.3, 0.4) is 0 Å². The second-order valence-electron chi connectivity index (χ2n) is 12.9. The van der Waals surface area contributed by atoms with Crippen molar-refractivity contribution in [2.75, 3.05) is 26.2 Å². The Bertz CT molecular complexity index is 1160. The number of aliphatic hydroxyl groups is 1. The van der Waals surface area contributed by atoms with E-state index in [-0.39, 0.29) is 42.1 Å². The van der Waals surface area contributed by atoms with E-state index in [0.29, 0.717) is 25.9 Å². The lowest BCUT2D eigenvalue weighted by molar-refractivity contribution is -0.145. The van der Waals surface area contributed by atoms with Gasteiger partial charge in [0.25, 0.3) is 0 Å². The van der Waals surface area contributed by atoms with Crippen LogP contribution in [-0.2, 0) is 20.8 Å². The van der Waals surface area contributed by atoms with Crippen molar-refractivity contribution >= 4 is 40.9 Å². The fraction of sp³-hybridized carbons (Fsp3) is 0.581. The molecule has 0 aliphatic carbocycles. The van der Waals surface area contributed by atoms with Crippen LogP contribution >= 0.6 is 12.4 Å². The van der Waals surface area contributed by atoms with Crippen molar-refractivity contribution in [3.8, 4) is 0 Å². The lowest BCUT2D eigenvalue weighted by Crippen LogP contribution is -2.55. The van der Waals surface area contributed by atoms with Crippen molar-refractivity contribution in [1.82, 2.24) is 20.9 Å². The number of hydrogen-bond donors (Lipinski definition) is 4. The number of halogens is 1. The summed E-state index contributed by atoms with van der Waals surface area (Å²) in [6.45, 7) is 13.6. The molecule has 1 saturated heterocycles. The number of hydrogen-bond acceptors (Lipinski definition) is 5. The van der Waals surface area contributed by atoms with Gasteiger partial charge in [0.1, 0.15) is 12.1 Å². The number of aliphatic hydroxyl groups excluding tert-OH is 1. The van der Waals surface area contributed by atoms with Gasteiger partial charge in [0, 0.05) is 38.0 Å². The number of likely N-dealkylation sites (tertiary alicyclic amines) is 1. The molecule has 222 valence electrons. The third kappa shape index (κ3) is 9.75. The summed E-state index contributed by atoms with van der Waals surface area (Å²) in [5.41, 5.74) is 0.401. The van der Waals surface area contributed by atoms with E-state index in [2.05, 4.69) is 36.7 Å². The van der Waals surface area contributed by atoms with Crippen LogP contribution in [-0.4, -0.2) is 72.1 Å². The monoisotopic (exact) mass is 574 g/mol. The Morgan fingerprint density at radius 1 is 1.00 bits per heavy atom. The van der Waals surface area contributed by atoms with Gasteiger partial charge in [-0.25, -0.2) is 0 Å². The minimum absolute atomic E-state index is 0. The first kappa shape index (κ1) is 33.5. The first-order chi connectivity index (χ1) is 18.2. The quantitative estimate of drug-likeness (QED) is 0.347. The van der Waals surface area contributed by atoms with Gasteiger partial charge in [-0.1, -0.05) is 84.0 Å². The molecule has 1 aliphatic rings. The maximum absolute atomic E-state index is 13.4. The van der Waals surface area contributed by atoms with Crippen molar-refractivity contribution in [3.63, 3.8) is 0 Å². The first-order valence-electron chi connectivity index (χ1n) is 14.0. The molecule has 0 bridgehead atoms. The van der Waals surface area contributed by atoms with Gasteiger partial charge in [0.2, 0.25) is 17.7 Å². The molecule has 8 nitrogen and oxygen atoms in total. The van der Waals surface area contributed by atoms with Gasteiger partial charge in [-0.15, -0.1) is 12.4 Å². The Hall–Kier alpha value is -2.68. The number of nitrogens with zero attached hydrogens (tertiary/aromatic N) is 1. The summed E-state index contributed by atoms with van der Waals surface area (Å²) in [5, 5.41) is 21.5. The lowest BCUT2D eigenvalue weighted by Gasteiger charge is -2.31. The molecule has 4 N–H and O–H groups in total. The number of carbonyl (C=O) groups is 3. The first-order valence-corrected chi connectivity index (χ1v) is 14.0. The van der Waals surface area contributed by atoms with E-state index in [9.17, 15) is 19.5 Å². The molecule has 40 heavy (non-hydrogen) atoms. The maximum Gasteiger partial charge on any atom is 0.243 e. The minimum Gasteiger partial charge on any atom is -0.390 e. The summed E-state index contributed by atoms with van der Waals surface area (Å²) in [5.74, 6) is -0.752. The predicted octanol–water partition coefficient (Wildman–Crippen LogP) is 3.44. The number of nitrogens with one attached hydrogen (secondary N) is 3. The molecule has 1 heterocycles. The normalized spacial score (nSPS) is 17.2. The van der Waals surface area contributed by atoms with Crippen molar-refractivity contribution < 1.29 is 19.5 Å². The highest BCUT2D eigenvalue weighted by molar-refractivity contribution is 5.93. The maximum atomic E-state index is 13.4. The van der Waals surface area contributed by atoms with Gasteiger partial charge in [-0.05, 0) is 34.6 Å². The van der Waals surface area contributed by atoms with Crippen molar-refractivity contribution in [3.05, 3.63) is 48.0 Å². The molecule has 3 atom stereocenters. The second-order valence-corrected chi connectivity index (χ2v) is 12.9. The zero-order valence-electron chi connectivity index (χ0n) is 24.8. The standard InChI is InChI=1S/C31H46N4O4.ClH/c1-30(2,3)20-32-18-24(36)19-33-27(37)25(17-21-13-14-22-10-7-8-11-23(22)16-21)34-28(38)26-12-9-15-35(26)29(39)31(4,5)6;/h7-8,10-11,13-14,16,24-26,32,36H,9,12,15,17-20H2,1-6H3,(H,33,37)(H,34,38);1H/t24?,25-,26?;/m1./s1. The van der Waals surface area contributed by atoms with Crippen LogP contribution in [0.1, 0.15) is 59.9 Å². The average Bonchev–Trinajstić information content (AvgIpc) is 3.35. The number of rotatable bonds is 10. The van der Waals surface area contributed by atoms with E-state index >= 15 is 0 Å². The van der Waals surface area contributed by atoms with E-state index in [1.54, 1.807) is 4.90 Å². The largest absolute Gasteiger partial charge is 0.390 e. The van der Waals surface area contributed by atoms with Gasteiger partial charge in [-0.2, -0.15) is 0 Å². The Morgan fingerprint density at radius 3 is 2.33 bits per heavy atom. The zero-order chi connectivity index (χ0) is 28.8. The topological polar surface area (TPSA) is 111 Å². The van der Waals surface area contributed by atoms with Crippen LogP contribution in [0.5, 0.6) is 0 Å². The van der Waals surface area contributed by atoms with Crippen LogP contribution in [0.15, 0.2) is 42.5 Å². The molecule has 2 aromatic carbocycles. The summed E-state index contributed by atoms with van der Waals surface area (Å²) in [6, 6.07) is 12.5. The summed E-state index contributed by atoms with van der Waals surface area (Å²) in [4.78, 5) is 41.4. The molecule has 0 aromatic heterocycles. The highest BCUT2D eigenvalue weighted by Crippen LogP contribution is 2.26. The van der Waals surface area contributed by atoms with Crippen molar-refractivity contribution in [2.45, 2.75) is 79.0 Å². The van der Waals surface area contributed by atoms with E-state index in [0.717, 1.165) is 29.3 Å². The van der Waals surface area contributed by atoms with Gasteiger partial charge >= 0.3 is 0 Å². The lowest BCUT2D eigenvalue weighted by atomic mass is 9.94. The minimum atomic E-state index is -0.847. The van der Waals surface area contributed by atoms with Gasteiger partial charge in [-0.3, -0.25) is 14.4 Å². The van der Waals surface area contributed by atoms with Gasteiger partial charge in [0.05, 0.1) is 6.10 Å². The number of carbonyl (C=O) groups excluding carboxylic acids is 3. The molecular formula is C31H47ClN4O4. The summed E-state index contributed by atoms with van der Waals surface area (Å²) in [6.07, 6.45) is 0.842. The molecule has 2 aromatic rings. The molecule has 2 unspecified atom stereocenters. The van der Waals surface area contributed by atoms with Crippen LogP contribution in [0.25, 0.3) is 10.8 Å². The third-order valence-electron chi connectivity index (χ3n) is 6.89. The SMILES string of the molecule is CC(C)(C)CNCC(O)CNC(=O)[C@@H](Cc1ccc2ccccc2c1)NC(=O)C1CCCN1C(=O)C(C)(C)C.Cl. The van der Waals surface area contributed by atoms with Crippen LogP contribution in [0.2, 0.25) is 0 Å². The fourth-order valence-corrected chi connectivity index (χ4v) is 4.82. The van der Waals surface area contributed by atoms with Crippen LogP contribution in [0.4, 0.5) is 0 Å². The Kier molecular flexibility index (Phi) is 12.0. The molecule has 0 saturated carbocycles. The molecule has 0 radical (unpaired) electrons. The Morgan fingerprint density at radius 2 is 1.68 bits per heavy atom. The summed E-state index contributed by atoms with van der Waals surface area (Å²) in [7, 11) is 0. The average molecular weight is 575 g/mol. The molecule has 1 aliphatic heterocycles. The van der Waals surface area contributed by atoms with Gasteiger partial charge < -0.3 is 26.0 Å². The van der Waals surface area contributed by atoms with E-state index in [1.165, 1.54) is 0 Å².